The molecule has 0 bridgehead atoms. The SMILES string of the molecule is COc1ccc(Br)c2c3ccccc3n(C=O)c12. The highest BCUT2D eigenvalue weighted by molar-refractivity contribution is 9.10. The predicted octanol–water partition coefficient (Wildman–Crippen LogP) is 3.60. The zero-order chi connectivity index (χ0) is 12.7. The molecule has 0 amide bonds. The number of aromatic nitrogens is 1. The molecule has 3 aromatic rings. The second-order valence-electron chi connectivity index (χ2n) is 3.97. The Morgan fingerprint density at radius 2 is 2.00 bits per heavy atom. The van der Waals surface area contributed by atoms with Crippen molar-refractivity contribution < 1.29 is 9.53 Å². The van der Waals surface area contributed by atoms with E-state index in [2.05, 4.69) is 15.9 Å². The molecule has 0 fully saturated rings. The van der Waals surface area contributed by atoms with Crippen molar-refractivity contribution >= 4 is 44.1 Å². The van der Waals surface area contributed by atoms with Gasteiger partial charge in [-0.15, -0.1) is 0 Å². The minimum Gasteiger partial charge on any atom is -0.495 e. The number of ether oxygens (including phenoxy) is 1. The molecule has 0 N–H and O–H groups in total. The van der Waals surface area contributed by atoms with Gasteiger partial charge in [0.1, 0.15) is 5.75 Å². The van der Waals surface area contributed by atoms with Crippen molar-refractivity contribution in [2.75, 3.05) is 7.11 Å². The number of nitrogens with zero attached hydrogens (tertiary/aromatic N) is 1. The minimum absolute atomic E-state index is 0.691. The van der Waals surface area contributed by atoms with E-state index >= 15 is 0 Å². The largest absolute Gasteiger partial charge is 0.495 e. The van der Waals surface area contributed by atoms with Gasteiger partial charge >= 0.3 is 0 Å². The molecule has 0 radical (unpaired) electrons. The Kier molecular flexibility index (Phi) is 2.59. The van der Waals surface area contributed by atoms with Crippen molar-refractivity contribution in [3.63, 3.8) is 0 Å². The first-order valence-corrected chi connectivity index (χ1v) is 6.27. The summed E-state index contributed by atoms with van der Waals surface area (Å²) < 4.78 is 7.93. The van der Waals surface area contributed by atoms with Gasteiger partial charge in [-0.2, -0.15) is 0 Å². The van der Waals surface area contributed by atoms with Gasteiger partial charge in [-0.05, 0) is 18.2 Å². The summed E-state index contributed by atoms with van der Waals surface area (Å²) in [6, 6.07) is 11.6. The summed E-state index contributed by atoms with van der Waals surface area (Å²) in [5.74, 6) is 0.691. The first-order valence-electron chi connectivity index (χ1n) is 5.48. The quantitative estimate of drug-likeness (QED) is 0.677. The fraction of sp³-hybridized carbons (Fsp3) is 0.0714. The van der Waals surface area contributed by atoms with E-state index in [-0.39, 0.29) is 0 Å². The van der Waals surface area contributed by atoms with Gasteiger partial charge in [-0.1, -0.05) is 34.1 Å². The van der Waals surface area contributed by atoms with Gasteiger partial charge in [-0.25, -0.2) is 0 Å². The molecule has 18 heavy (non-hydrogen) atoms. The highest BCUT2D eigenvalue weighted by Gasteiger charge is 2.16. The maximum absolute atomic E-state index is 11.4. The fourth-order valence-corrected chi connectivity index (χ4v) is 2.87. The van der Waals surface area contributed by atoms with Gasteiger partial charge in [-0.3, -0.25) is 9.36 Å². The number of methoxy groups -OCH3 is 1. The van der Waals surface area contributed by atoms with Crippen LogP contribution in [0, 0.1) is 0 Å². The van der Waals surface area contributed by atoms with Gasteiger partial charge in [0.05, 0.1) is 18.1 Å². The molecule has 90 valence electrons. The Morgan fingerprint density at radius 1 is 1.22 bits per heavy atom. The number of benzene rings is 2. The lowest BCUT2D eigenvalue weighted by Crippen LogP contribution is -1.96. The number of para-hydroxylation sites is 1. The monoisotopic (exact) mass is 303 g/mol. The number of halogens is 1. The van der Waals surface area contributed by atoms with E-state index in [1.807, 2.05) is 36.4 Å². The average Bonchev–Trinajstić information content (AvgIpc) is 2.74. The summed E-state index contributed by atoms with van der Waals surface area (Å²) in [4.78, 5) is 11.4. The first-order chi connectivity index (χ1) is 8.77. The molecule has 0 spiro atoms. The number of carbonyl (C=O) groups excluding carboxylic acids is 1. The van der Waals surface area contributed by atoms with Gasteiger partial charge in [0.15, 0.2) is 0 Å². The Hall–Kier alpha value is -1.81. The lowest BCUT2D eigenvalue weighted by molar-refractivity contribution is 0.418. The van der Waals surface area contributed by atoms with Crippen molar-refractivity contribution in [2.45, 2.75) is 0 Å². The van der Waals surface area contributed by atoms with Gasteiger partial charge < -0.3 is 4.74 Å². The van der Waals surface area contributed by atoms with Gasteiger partial charge in [0.25, 0.3) is 0 Å². The van der Waals surface area contributed by atoms with E-state index in [9.17, 15) is 4.79 Å². The third-order valence-corrected chi connectivity index (χ3v) is 3.75. The van der Waals surface area contributed by atoms with Crippen LogP contribution in [0.3, 0.4) is 0 Å². The van der Waals surface area contributed by atoms with Crippen molar-refractivity contribution in [3.8, 4) is 5.75 Å². The molecule has 3 rings (SSSR count). The molecular weight excluding hydrogens is 294 g/mol. The van der Waals surface area contributed by atoms with E-state index < -0.39 is 0 Å². The summed E-state index contributed by atoms with van der Waals surface area (Å²) in [7, 11) is 1.61. The second-order valence-corrected chi connectivity index (χ2v) is 4.82. The van der Waals surface area contributed by atoms with Crippen molar-refractivity contribution in [1.82, 2.24) is 4.57 Å². The van der Waals surface area contributed by atoms with E-state index in [1.165, 1.54) is 0 Å². The molecular formula is C14H10BrNO2. The highest BCUT2D eigenvalue weighted by Crippen LogP contribution is 2.38. The van der Waals surface area contributed by atoms with E-state index in [0.29, 0.717) is 5.75 Å². The smallest absolute Gasteiger partial charge is 0.218 e. The van der Waals surface area contributed by atoms with E-state index in [4.69, 9.17) is 4.74 Å². The molecule has 3 nitrogen and oxygen atoms in total. The summed E-state index contributed by atoms with van der Waals surface area (Å²) >= 11 is 3.54. The Labute approximate surface area is 112 Å². The van der Waals surface area contributed by atoms with Crippen LogP contribution < -0.4 is 4.74 Å². The third-order valence-electron chi connectivity index (χ3n) is 3.09. The van der Waals surface area contributed by atoms with Crippen molar-refractivity contribution in [2.24, 2.45) is 0 Å². The first kappa shape index (κ1) is 11.3. The Morgan fingerprint density at radius 3 is 2.72 bits per heavy atom. The molecule has 1 aromatic heterocycles. The van der Waals surface area contributed by atoms with E-state index in [0.717, 1.165) is 32.7 Å². The second kappa shape index (κ2) is 4.14. The molecule has 0 saturated heterocycles. The molecule has 0 atom stereocenters. The molecule has 0 saturated carbocycles. The van der Waals surface area contributed by atoms with Crippen LogP contribution in [-0.4, -0.2) is 18.1 Å². The maximum Gasteiger partial charge on any atom is 0.218 e. The molecule has 0 aliphatic heterocycles. The predicted molar refractivity (Wildman–Crippen MR) is 75.8 cm³/mol. The zero-order valence-corrected chi connectivity index (χ0v) is 11.3. The van der Waals surface area contributed by atoms with Crippen LogP contribution in [0.5, 0.6) is 5.75 Å². The molecule has 2 aromatic carbocycles. The van der Waals surface area contributed by atoms with Crippen molar-refractivity contribution in [1.29, 1.82) is 0 Å². The molecule has 0 aliphatic carbocycles. The van der Waals surface area contributed by atoms with Crippen LogP contribution >= 0.6 is 15.9 Å². The standard InChI is InChI=1S/C14H10BrNO2/c1-18-12-7-6-10(15)13-9-4-2-3-5-11(9)16(8-17)14(12)13/h2-8H,1H3. The van der Waals surface area contributed by atoms with E-state index in [1.54, 1.807) is 11.7 Å². The van der Waals surface area contributed by atoms with Crippen molar-refractivity contribution in [3.05, 3.63) is 40.9 Å². The van der Waals surface area contributed by atoms with Crippen LogP contribution in [0.4, 0.5) is 0 Å². The summed E-state index contributed by atoms with van der Waals surface area (Å²) in [6.45, 7) is 0. The van der Waals surface area contributed by atoms with Crippen LogP contribution in [-0.2, 0) is 4.79 Å². The highest BCUT2D eigenvalue weighted by atomic mass is 79.9. The zero-order valence-electron chi connectivity index (χ0n) is 9.68. The third kappa shape index (κ3) is 1.39. The van der Waals surface area contributed by atoms with Gasteiger partial charge in [0, 0.05) is 15.2 Å². The fourth-order valence-electron chi connectivity index (χ4n) is 2.33. The van der Waals surface area contributed by atoms with Gasteiger partial charge in [0.2, 0.25) is 6.41 Å². The average molecular weight is 304 g/mol. The number of hydrogen-bond donors (Lipinski definition) is 0. The summed E-state index contributed by atoms with van der Waals surface area (Å²) in [5, 5.41) is 2.03. The van der Waals surface area contributed by atoms with Crippen LogP contribution in [0.1, 0.15) is 0 Å². The lowest BCUT2D eigenvalue weighted by Gasteiger charge is -2.05. The Bertz CT molecular complexity index is 761. The van der Waals surface area contributed by atoms with Crippen LogP contribution in [0.25, 0.3) is 21.8 Å². The number of hydrogen-bond acceptors (Lipinski definition) is 2. The molecule has 4 heteroatoms. The maximum atomic E-state index is 11.4. The molecule has 1 heterocycles. The number of rotatable bonds is 2. The number of carbonyl (C=O) groups is 1. The van der Waals surface area contributed by atoms with Crippen LogP contribution in [0.2, 0.25) is 0 Å². The van der Waals surface area contributed by atoms with Crippen LogP contribution in [0.15, 0.2) is 40.9 Å². The summed E-state index contributed by atoms with van der Waals surface area (Å²) in [5.41, 5.74) is 1.68. The Balaban J connectivity index is 2.67. The molecule has 0 unspecified atom stereocenters. The topological polar surface area (TPSA) is 31.2 Å². The summed E-state index contributed by atoms with van der Waals surface area (Å²) in [6.07, 6.45) is 0.819. The minimum atomic E-state index is 0.691. The lowest BCUT2D eigenvalue weighted by atomic mass is 10.1. The number of fused-ring (bicyclic) bond motifs is 3. The normalized spacial score (nSPS) is 11.0. The molecule has 0 aliphatic rings.